The Morgan fingerprint density at radius 3 is 2.65 bits per heavy atom. The number of hydrogen-bond donors (Lipinski definition) is 1. The molecule has 3 heterocycles. The van der Waals surface area contributed by atoms with E-state index in [1.165, 1.54) is 16.9 Å². The number of nitrogens with one attached hydrogen (secondary N) is 1. The van der Waals surface area contributed by atoms with E-state index < -0.39 is 0 Å². The summed E-state index contributed by atoms with van der Waals surface area (Å²) >= 11 is 7.74. The standard InChI is InChI=1S/C18H14ClN5OS/c19-14-10-26-17-15(14)16(23-11-24-17)20-9-6-12-2-4-13(5-3-12)25-18-21-7-1-8-22-18/h1-5,7-8,10-11H,6,9H2,(H,20,23,24). The van der Waals surface area contributed by atoms with Crippen molar-refractivity contribution in [3.8, 4) is 11.8 Å². The third kappa shape index (κ3) is 3.74. The van der Waals surface area contributed by atoms with E-state index in [4.69, 9.17) is 16.3 Å². The van der Waals surface area contributed by atoms with Gasteiger partial charge in [0.25, 0.3) is 0 Å². The molecule has 0 aliphatic rings. The van der Waals surface area contributed by atoms with Crippen LogP contribution >= 0.6 is 22.9 Å². The molecular formula is C18H14ClN5OS. The van der Waals surface area contributed by atoms with Gasteiger partial charge in [-0.3, -0.25) is 0 Å². The van der Waals surface area contributed by atoms with Gasteiger partial charge in [0.05, 0.1) is 10.4 Å². The second-order valence-electron chi connectivity index (χ2n) is 5.44. The van der Waals surface area contributed by atoms with E-state index in [1.54, 1.807) is 24.8 Å². The number of aromatic nitrogens is 4. The van der Waals surface area contributed by atoms with E-state index in [2.05, 4.69) is 25.3 Å². The number of benzene rings is 1. The topological polar surface area (TPSA) is 72.8 Å². The van der Waals surface area contributed by atoms with Gasteiger partial charge in [-0.05, 0) is 30.2 Å². The van der Waals surface area contributed by atoms with Crippen molar-refractivity contribution in [2.24, 2.45) is 0 Å². The molecule has 0 spiro atoms. The molecule has 6 nitrogen and oxygen atoms in total. The molecular weight excluding hydrogens is 370 g/mol. The molecule has 130 valence electrons. The first-order valence-electron chi connectivity index (χ1n) is 7.95. The highest BCUT2D eigenvalue weighted by atomic mass is 35.5. The Kier molecular flexibility index (Phi) is 4.90. The highest BCUT2D eigenvalue weighted by molar-refractivity contribution is 7.17. The smallest absolute Gasteiger partial charge is 0.321 e. The molecule has 0 aliphatic heterocycles. The quantitative estimate of drug-likeness (QED) is 0.525. The van der Waals surface area contributed by atoms with Gasteiger partial charge in [0, 0.05) is 24.3 Å². The molecule has 0 atom stereocenters. The molecule has 0 amide bonds. The molecule has 0 radical (unpaired) electrons. The summed E-state index contributed by atoms with van der Waals surface area (Å²) in [6, 6.07) is 9.94. The molecule has 26 heavy (non-hydrogen) atoms. The van der Waals surface area contributed by atoms with Gasteiger partial charge in [0.2, 0.25) is 0 Å². The Morgan fingerprint density at radius 1 is 1.04 bits per heavy atom. The van der Waals surface area contributed by atoms with Crippen LogP contribution in [0.15, 0.2) is 54.4 Å². The second-order valence-corrected chi connectivity index (χ2v) is 6.71. The van der Waals surface area contributed by atoms with Crippen LogP contribution in [0.4, 0.5) is 5.82 Å². The molecule has 0 bridgehead atoms. The van der Waals surface area contributed by atoms with Gasteiger partial charge in [-0.25, -0.2) is 19.9 Å². The number of thiophene rings is 1. The van der Waals surface area contributed by atoms with Crippen LogP contribution in [0, 0.1) is 0 Å². The van der Waals surface area contributed by atoms with Gasteiger partial charge < -0.3 is 10.1 Å². The number of ether oxygens (including phenoxy) is 1. The third-order valence-corrected chi connectivity index (χ3v) is 5.02. The van der Waals surface area contributed by atoms with E-state index in [0.717, 1.165) is 29.0 Å². The Hall–Kier alpha value is -2.77. The fourth-order valence-electron chi connectivity index (χ4n) is 2.47. The van der Waals surface area contributed by atoms with E-state index in [0.29, 0.717) is 16.8 Å². The second kappa shape index (κ2) is 7.63. The van der Waals surface area contributed by atoms with E-state index in [-0.39, 0.29) is 0 Å². The first-order chi connectivity index (χ1) is 12.8. The predicted molar refractivity (Wildman–Crippen MR) is 103 cm³/mol. The van der Waals surface area contributed by atoms with Crippen molar-refractivity contribution < 1.29 is 4.74 Å². The molecule has 4 rings (SSSR count). The molecule has 0 saturated carbocycles. The minimum Gasteiger partial charge on any atom is -0.424 e. The van der Waals surface area contributed by atoms with Crippen LogP contribution < -0.4 is 10.1 Å². The molecule has 0 saturated heterocycles. The number of rotatable bonds is 6. The molecule has 4 aromatic rings. The number of nitrogens with zero attached hydrogens (tertiary/aromatic N) is 4. The lowest BCUT2D eigenvalue weighted by Crippen LogP contribution is -2.06. The van der Waals surface area contributed by atoms with Crippen molar-refractivity contribution in [2.75, 3.05) is 11.9 Å². The summed E-state index contributed by atoms with van der Waals surface area (Å²) in [6.45, 7) is 0.736. The van der Waals surface area contributed by atoms with Crippen LogP contribution in [-0.2, 0) is 6.42 Å². The van der Waals surface area contributed by atoms with Crippen molar-refractivity contribution >= 4 is 39.0 Å². The molecule has 0 aliphatic carbocycles. The van der Waals surface area contributed by atoms with Gasteiger partial charge in [-0.1, -0.05) is 23.7 Å². The van der Waals surface area contributed by atoms with Gasteiger partial charge >= 0.3 is 6.01 Å². The summed E-state index contributed by atoms with van der Waals surface area (Å²) in [5.74, 6) is 1.47. The van der Waals surface area contributed by atoms with Gasteiger partial charge in [-0.2, -0.15) is 0 Å². The van der Waals surface area contributed by atoms with E-state index >= 15 is 0 Å². The lowest BCUT2D eigenvalue weighted by Gasteiger charge is -2.08. The SMILES string of the molecule is Clc1csc2ncnc(NCCc3ccc(Oc4ncccn4)cc3)c12. The lowest BCUT2D eigenvalue weighted by molar-refractivity contribution is 0.441. The summed E-state index contributed by atoms with van der Waals surface area (Å²) < 4.78 is 5.59. The minimum absolute atomic E-state index is 0.335. The monoisotopic (exact) mass is 383 g/mol. The van der Waals surface area contributed by atoms with Crippen molar-refractivity contribution in [1.29, 1.82) is 0 Å². The zero-order chi connectivity index (χ0) is 17.8. The molecule has 1 N–H and O–H groups in total. The lowest BCUT2D eigenvalue weighted by atomic mass is 10.1. The summed E-state index contributed by atoms with van der Waals surface area (Å²) in [5, 5.41) is 6.77. The van der Waals surface area contributed by atoms with Crippen molar-refractivity contribution in [2.45, 2.75) is 6.42 Å². The van der Waals surface area contributed by atoms with Crippen LogP contribution in [0.5, 0.6) is 11.8 Å². The Morgan fingerprint density at radius 2 is 1.85 bits per heavy atom. The van der Waals surface area contributed by atoms with Crippen LogP contribution in [0.2, 0.25) is 5.02 Å². The largest absolute Gasteiger partial charge is 0.424 e. The normalized spacial score (nSPS) is 10.8. The summed E-state index contributed by atoms with van der Waals surface area (Å²) in [5.41, 5.74) is 1.18. The number of hydrogen-bond acceptors (Lipinski definition) is 7. The van der Waals surface area contributed by atoms with Crippen LogP contribution in [-0.4, -0.2) is 26.5 Å². The predicted octanol–water partition coefficient (Wildman–Crippen LogP) is 4.58. The first kappa shape index (κ1) is 16.7. The first-order valence-corrected chi connectivity index (χ1v) is 9.21. The maximum absolute atomic E-state index is 6.22. The number of halogens is 1. The van der Waals surface area contributed by atoms with Gasteiger partial charge in [0.1, 0.15) is 22.7 Å². The molecule has 0 unspecified atom stereocenters. The van der Waals surface area contributed by atoms with Crippen LogP contribution in [0.1, 0.15) is 5.56 Å². The average molecular weight is 384 g/mol. The van der Waals surface area contributed by atoms with Gasteiger partial charge in [-0.15, -0.1) is 11.3 Å². The molecule has 0 fully saturated rings. The summed E-state index contributed by atoms with van der Waals surface area (Å²) in [4.78, 5) is 17.5. The highest BCUT2D eigenvalue weighted by Gasteiger charge is 2.09. The Balaban J connectivity index is 1.37. The van der Waals surface area contributed by atoms with Crippen LogP contribution in [0.25, 0.3) is 10.2 Å². The Labute approximate surface area is 158 Å². The minimum atomic E-state index is 0.335. The summed E-state index contributed by atoms with van der Waals surface area (Å²) in [6.07, 6.45) is 5.68. The van der Waals surface area contributed by atoms with Gasteiger partial charge in [0.15, 0.2) is 0 Å². The zero-order valence-electron chi connectivity index (χ0n) is 13.6. The molecule has 8 heteroatoms. The number of fused-ring (bicyclic) bond motifs is 1. The van der Waals surface area contributed by atoms with Crippen molar-refractivity contribution in [3.63, 3.8) is 0 Å². The van der Waals surface area contributed by atoms with E-state index in [9.17, 15) is 0 Å². The Bertz CT molecular complexity index is 1010. The fourth-order valence-corrected chi connectivity index (χ4v) is 3.60. The molecule has 1 aromatic carbocycles. The third-order valence-electron chi connectivity index (χ3n) is 3.71. The maximum atomic E-state index is 6.22. The van der Waals surface area contributed by atoms with E-state index in [1.807, 2.05) is 29.6 Å². The average Bonchev–Trinajstić information content (AvgIpc) is 3.06. The van der Waals surface area contributed by atoms with Crippen LogP contribution in [0.3, 0.4) is 0 Å². The van der Waals surface area contributed by atoms with Crippen molar-refractivity contribution in [3.05, 3.63) is 65.0 Å². The number of anilines is 1. The maximum Gasteiger partial charge on any atom is 0.321 e. The zero-order valence-corrected chi connectivity index (χ0v) is 15.2. The highest BCUT2D eigenvalue weighted by Crippen LogP contribution is 2.32. The summed E-state index contributed by atoms with van der Waals surface area (Å²) in [7, 11) is 0. The fraction of sp³-hybridized carbons (Fsp3) is 0.111. The van der Waals surface area contributed by atoms with Crippen molar-refractivity contribution in [1.82, 2.24) is 19.9 Å². The molecule has 3 aromatic heterocycles.